The van der Waals surface area contributed by atoms with Crippen molar-refractivity contribution in [2.24, 2.45) is 17.8 Å². The number of rotatable bonds is 7. The van der Waals surface area contributed by atoms with Gasteiger partial charge in [-0.3, -0.25) is 4.90 Å². The van der Waals surface area contributed by atoms with E-state index < -0.39 is 12.1 Å². The average molecular weight is 416 g/mol. The predicted molar refractivity (Wildman–Crippen MR) is 110 cm³/mol. The first-order valence-electron chi connectivity index (χ1n) is 9.96. The van der Waals surface area contributed by atoms with E-state index in [4.69, 9.17) is 9.15 Å². The fourth-order valence-electron chi connectivity index (χ4n) is 4.49. The predicted octanol–water partition coefficient (Wildman–Crippen LogP) is 5.28. The molecule has 1 amide bonds. The first kappa shape index (κ1) is 19.9. The van der Waals surface area contributed by atoms with E-state index in [0.717, 1.165) is 4.90 Å². The van der Waals surface area contributed by atoms with E-state index in [0.29, 0.717) is 35.8 Å². The number of ether oxygens (including phenoxy) is 1. The first-order valence-corrected chi connectivity index (χ1v) is 11.2. The van der Waals surface area contributed by atoms with Gasteiger partial charge in [0.2, 0.25) is 0 Å². The van der Waals surface area contributed by atoms with Crippen LogP contribution in [-0.2, 0) is 11.3 Å². The number of anilines is 1. The van der Waals surface area contributed by atoms with Crippen LogP contribution in [0.15, 0.2) is 45.9 Å². The lowest BCUT2D eigenvalue weighted by molar-refractivity contribution is 0.0697. The fraction of sp³-hybridized carbons (Fsp3) is 0.455. The molecule has 1 aromatic carbocycles. The van der Waals surface area contributed by atoms with E-state index >= 15 is 0 Å². The molecule has 2 atom stereocenters. The summed E-state index contributed by atoms with van der Waals surface area (Å²) in [4.78, 5) is 27.0. The van der Waals surface area contributed by atoms with E-state index in [1.54, 1.807) is 24.3 Å². The molecule has 1 heterocycles. The summed E-state index contributed by atoms with van der Waals surface area (Å²) in [5, 5.41) is 9.70. The molecular weight excluding hydrogens is 390 g/mol. The molecule has 2 aliphatic rings. The largest absolute Gasteiger partial charge is 0.478 e. The minimum atomic E-state index is -1.08. The number of carboxylic acids is 1. The Morgan fingerprint density at radius 2 is 2.00 bits per heavy atom. The molecule has 2 aliphatic carbocycles. The minimum absolute atomic E-state index is 0.0699. The molecule has 4 rings (SSSR count). The number of aromatic carboxylic acids is 1. The molecule has 2 unspecified atom stereocenters. The highest BCUT2D eigenvalue weighted by Gasteiger charge is 2.51. The Morgan fingerprint density at radius 1 is 1.24 bits per heavy atom. The third kappa shape index (κ3) is 4.29. The van der Waals surface area contributed by atoms with Crippen LogP contribution in [0, 0.1) is 17.8 Å². The lowest BCUT2D eigenvalue weighted by atomic mass is 10.0. The number of carbonyl (C=O) groups excluding carboxylic acids is 1. The highest BCUT2D eigenvalue weighted by atomic mass is 32.2. The molecule has 2 fully saturated rings. The summed E-state index contributed by atoms with van der Waals surface area (Å²) in [5.74, 6) is 1.30. The number of nitrogens with zero attached hydrogens (tertiary/aromatic N) is 1. The topological polar surface area (TPSA) is 80.0 Å². The van der Waals surface area contributed by atoms with Gasteiger partial charge in [-0.1, -0.05) is 12.8 Å². The van der Waals surface area contributed by atoms with E-state index in [1.807, 2.05) is 12.3 Å². The van der Waals surface area contributed by atoms with E-state index in [9.17, 15) is 14.7 Å². The van der Waals surface area contributed by atoms with E-state index in [-0.39, 0.29) is 12.1 Å². The van der Waals surface area contributed by atoms with Crippen LogP contribution in [0.25, 0.3) is 0 Å². The zero-order chi connectivity index (χ0) is 20.4. The van der Waals surface area contributed by atoms with E-state index in [2.05, 4.69) is 0 Å². The van der Waals surface area contributed by atoms with Gasteiger partial charge in [0, 0.05) is 4.90 Å². The molecule has 29 heavy (non-hydrogen) atoms. The summed E-state index contributed by atoms with van der Waals surface area (Å²) in [7, 11) is 0. The third-order valence-corrected chi connectivity index (χ3v) is 6.80. The van der Waals surface area contributed by atoms with Crippen molar-refractivity contribution in [2.75, 3.05) is 17.8 Å². The summed E-state index contributed by atoms with van der Waals surface area (Å²) in [5.41, 5.74) is 0.380. The molecule has 7 heteroatoms. The van der Waals surface area contributed by atoms with Crippen LogP contribution in [-0.4, -0.2) is 30.0 Å². The molecule has 0 aliphatic heterocycles. The van der Waals surface area contributed by atoms with Crippen molar-refractivity contribution in [3.63, 3.8) is 0 Å². The quantitative estimate of drug-likeness (QED) is 0.620. The standard InChI is InChI=1S/C22H25NO5S/c1-29-15-8-9-20(18(11-15)21(24)25)23(12-14-5-4-10-27-14)22(26)28-13-19-16-6-2-3-7-17(16)19/h4-5,8-11,16-17,19H,2-3,6-7,12-13H2,1H3,(H,24,25). The number of hydrogen-bond acceptors (Lipinski definition) is 5. The Labute approximate surface area is 174 Å². The van der Waals surface area contributed by atoms with Gasteiger partial charge >= 0.3 is 12.1 Å². The van der Waals surface area contributed by atoms with Gasteiger partial charge in [-0.05, 0) is 67.2 Å². The Hall–Kier alpha value is -2.41. The Morgan fingerprint density at radius 3 is 2.62 bits per heavy atom. The second-order valence-electron chi connectivity index (χ2n) is 7.71. The molecular formula is C22H25NO5S. The van der Waals surface area contributed by atoms with Gasteiger partial charge in [0.05, 0.1) is 30.7 Å². The molecule has 1 N–H and O–H groups in total. The SMILES string of the molecule is CSc1ccc(N(Cc2ccco2)C(=O)OCC2C3CCCCC32)c(C(=O)O)c1. The number of carbonyl (C=O) groups is 2. The Kier molecular flexibility index (Phi) is 5.85. The molecule has 1 aromatic heterocycles. The zero-order valence-corrected chi connectivity index (χ0v) is 17.2. The van der Waals surface area contributed by atoms with Crippen LogP contribution >= 0.6 is 11.8 Å². The van der Waals surface area contributed by atoms with Crippen LogP contribution in [0.4, 0.5) is 10.5 Å². The number of benzene rings is 1. The minimum Gasteiger partial charge on any atom is -0.478 e. The molecule has 154 valence electrons. The molecule has 6 nitrogen and oxygen atoms in total. The second-order valence-corrected chi connectivity index (χ2v) is 8.59. The van der Waals surface area contributed by atoms with Gasteiger partial charge in [0.1, 0.15) is 5.76 Å². The average Bonchev–Trinajstić information content (AvgIpc) is 3.18. The lowest BCUT2D eigenvalue weighted by Gasteiger charge is -2.23. The maximum absolute atomic E-state index is 13.0. The van der Waals surface area contributed by atoms with Gasteiger partial charge in [-0.15, -0.1) is 11.8 Å². The normalized spacial score (nSPS) is 22.6. The molecule has 2 aromatic rings. The molecule has 0 saturated heterocycles. The van der Waals surface area contributed by atoms with Crippen LogP contribution in [0.3, 0.4) is 0 Å². The van der Waals surface area contributed by atoms with Gasteiger partial charge < -0.3 is 14.3 Å². The first-order chi connectivity index (χ1) is 14.1. The number of furan rings is 1. The third-order valence-electron chi connectivity index (χ3n) is 6.07. The number of thioether (sulfide) groups is 1. The summed E-state index contributed by atoms with van der Waals surface area (Å²) in [6.07, 6.45) is 7.85. The highest BCUT2D eigenvalue weighted by Crippen LogP contribution is 2.55. The van der Waals surface area contributed by atoms with Crippen LogP contribution in [0.2, 0.25) is 0 Å². The Balaban J connectivity index is 1.55. The van der Waals surface area contributed by atoms with Crippen molar-refractivity contribution in [1.29, 1.82) is 0 Å². The maximum atomic E-state index is 13.0. The molecule has 0 bridgehead atoms. The van der Waals surface area contributed by atoms with Gasteiger partial charge in [-0.2, -0.15) is 0 Å². The summed E-state index contributed by atoms with van der Waals surface area (Å²) >= 11 is 1.45. The molecule has 0 spiro atoms. The number of fused-ring (bicyclic) bond motifs is 1. The Bertz CT molecular complexity index is 869. The van der Waals surface area contributed by atoms with Gasteiger partial charge in [-0.25, -0.2) is 9.59 Å². The highest BCUT2D eigenvalue weighted by molar-refractivity contribution is 7.98. The monoisotopic (exact) mass is 415 g/mol. The van der Waals surface area contributed by atoms with Crippen molar-refractivity contribution < 1.29 is 23.8 Å². The summed E-state index contributed by atoms with van der Waals surface area (Å²) in [6, 6.07) is 8.55. The maximum Gasteiger partial charge on any atom is 0.414 e. The summed E-state index contributed by atoms with van der Waals surface area (Å²) in [6.45, 7) is 0.510. The van der Waals surface area contributed by atoms with Crippen LogP contribution < -0.4 is 4.90 Å². The number of hydrogen-bond donors (Lipinski definition) is 1. The van der Waals surface area contributed by atoms with Crippen molar-refractivity contribution in [2.45, 2.75) is 37.1 Å². The van der Waals surface area contributed by atoms with Crippen molar-refractivity contribution >= 4 is 29.5 Å². The van der Waals surface area contributed by atoms with Gasteiger partial charge in [0.25, 0.3) is 0 Å². The smallest absolute Gasteiger partial charge is 0.414 e. The fourth-order valence-corrected chi connectivity index (χ4v) is 4.93. The molecule has 2 saturated carbocycles. The lowest BCUT2D eigenvalue weighted by Crippen LogP contribution is -2.33. The summed E-state index contributed by atoms with van der Waals surface area (Å²) < 4.78 is 11.1. The number of carboxylic acid groups (broad SMARTS) is 1. The van der Waals surface area contributed by atoms with Crippen LogP contribution in [0.5, 0.6) is 0 Å². The zero-order valence-electron chi connectivity index (χ0n) is 16.4. The van der Waals surface area contributed by atoms with Gasteiger partial charge in [0.15, 0.2) is 0 Å². The molecule has 0 radical (unpaired) electrons. The second kappa shape index (κ2) is 8.53. The van der Waals surface area contributed by atoms with E-state index in [1.165, 1.54) is 48.6 Å². The van der Waals surface area contributed by atoms with Crippen molar-refractivity contribution in [3.8, 4) is 0 Å². The number of amides is 1. The van der Waals surface area contributed by atoms with Crippen LogP contribution in [0.1, 0.15) is 41.8 Å². The van der Waals surface area contributed by atoms with Crippen molar-refractivity contribution in [1.82, 2.24) is 0 Å². The van der Waals surface area contributed by atoms with Crippen molar-refractivity contribution in [3.05, 3.63) is 47.9 Å².